The summed E-state index contributed by atoms with van der Waals surface area (Å²) in [5.74, 6) is 0.0719. The van der Waals surface area contributed by atoms with Gasteiger partial charge < -0.3 is 5.32 Å². The zero-order valence-electron chi connectivity index (χ0n) is 18.2. The number of pyridine rings is 1. The van der Waals surface area contributed by atoms with Crippen molar-refractivity contribution < 1.29 is 21.6 Å². The quantitative estimate of drug-likeness (QED) is 0.526. The molecule has 0 atom stereocenters. The van der Waals surface area contributed by atoms with Gasteiger partial charge >= 0.3 is 6.18 Å². The molecular weight excluding hydrogens is 465 g/mol. The maximum Gasteiger partial charge on any atom is 0.418 e. The van der Waals surface area contributed by atoms with Gasteiger partial charge in [0.1, 0.15) is 4.90 Å². The Kier molecular flexibility index (Phi) is 5.69. The Balaban J connectivity index is 1.67. The third-order valence-corrected chi connectivity index (χ3v) is 6.88. The number of sulfonamides is 1. The SMILES string of the molecule is CC(C)(CC#N)c1ccc(NC2=NS(=O)(=O)c3cc(-c4ncccc4C(F)(F)F)ccc32)cc1. The van der Waals surface area contributed by atoms with Crippen LogP contribution in [0.1, 0.15) is 37.0 Å². The van der Waals surface area contributed by atoms with E-state index in [0.29, 0.717) is 12.1 Å². The Labute approximate surface area is 194 Å². The van der Waals surface area contributed by atoms with Crippen LogP contribution in [0.25, 0.3) is 11.3 Å². The Hall–Kier alpha value is -3.71. The van der Waals surface area contributed by atoms with Gasteiger partial charge in [0.2, 0.25) is 0 Å². The first kappa shape index (κ1) is 23.4. The number of halogens is 3. The van der Waals surface area contributed by atoms with Crippen molar-refractivity contribution >= 4 is 21.5 Å². The van der Waals surface area contributed by atoms with Crippen molar-refractivity contribution in [2.24, 2.45) is 4.40 Å². The third-order valence-electron chi connectivity index (χ3n) is 5.56. The lowest BCUT2D eigenvalue weighted by atomic mass is 9.82. The topological polar surface area (TPSA) is 95.2 Å². The molecule has 10 heteroatoms. The number of alkyl halides is 3. The molecular formula is C24H19F3N4O2S. The fourth-order valence-corrected chi connectivity index (χ4v) is 4.89. The predicted octanol–water partition coefficient (Wildman–Crippen LogP) is 5.52. The van der Waals surface area contributed by atoms with Crippen LogP contribution >= 0.6 is 0 Å². The molecule has 0 bridgehead atoms. The van der Waals surface area contributed by atoms with Crippen molar-refractivity contribution in [3.63, 3.8) is 0 Å². The highest BCUT2D eigenvalue weighted by atomic mass is 32.2. The number of benzene rings is 2. The maximum absolute atomic E-state index is 13.4. The first-order chi connectivity index (χ1) is 15.9. The Morgan fingerprint density at radius 3 is 2.41 bits per heavy atom. The largest absolute Gasteiger partial charge is 0.418 e. The van der Waals surface area contributed by atoms with Gasteiger partial charge in [0.15, 0.2) is 5.84 Å². The standard InChI is InChI=1S/C24H19F3N4O2S/c1-23(2,11-12-28)16-6-8-17(9-7-16)30-22-18-10-5-15(14-20(18)34(32,33)31-22)21-19(24(25,26)27)4-3-13-29-21/h3-10,13-14H,11H2,1-2H3,(H,30,31). The molecule has 34 heavy (non-hydrogen) atoms. The number of nitriles is 1. The summed E-state index contributed by atoms with van der Waals surface area (Å²) >= 11 is 0. The van der Waals surface area contributed by atoms with E-state index >= 15 is 0 Å². The van der Waals surface area contributed by atoms with E-state index in [9.17, 15) is 21.6 Å². The van der Waals surface area contributed by atoms with Gasteiger partial charge in [0.05, 0.1) is 17.3 Å². The van der Waals surface area contributed by atoms with Crippen molar-refractivity contribution in [1.82, 2.24) is 4.98 Å². The van der Waals surface area contributed by atoms with Gasteiger partial charge in [-0.1, -0.05) is 32.0 Å². The summed E-state index contributed by atoms with van der Waals surface area (Å²) in [6.45, 7) is 3.90. The highest BCUT2D eigenvalue weighted by molar-refractivity contribution is 7.90. The molecule has 1 N–H and O–H groups in total. The van der Waals surface area contributed by atoms with Gasteiger partial charge in [-0.05, 0) is 42.0 Å². The van der Waals surface area contributed by atoms with Gasteiger partial charge in [-0.25, -0.2) is 0 Å². The maximum atomic E-state index is 13.4. The molecule has 1 aliphatic rings. The number of anilines is 1. The molecule has 1 aliphatic heterocycles. The zero-order valence-corrected chi connectivity index (χ0v) is 19.0. The van der Waals surface area contributed by atoms with Gasteiger partial charge in [-0.3, -0.25) is 4.98 Å². The van der Waals surface area contributed by atoms with Crippen LogP contribution in [0.15, 0.2) is 70.1 Å². The van der Waals surface area contributed by atoms with Crippen LogP contribution < -0.4 is 5.32 Å². The molecule has 0 fully saturated rings. The number of aromatic nitrogens is 1. The Morgan fingerprint density at radius 1 is 1.06 bits per heavy atom. The average Bonchev–Trinajstić information content (AvgIpc) is 3.03. The van der Waals surface area contributed by atoms with E-state index in [1.165, 1.54) is 24.4 Å². The molecule has 1 aromatic heterocycles. The summed E-state index contributed by atoms with van der Waals surface area (Å²) in [6, 6.07) is 15.4. The van der Waals surface area contributed by atoms with Crippen molar-refractivity contribution in [2.75, 3.05) is 5.32 Å². The lowest BCUT2D eigenvalue weighted by Crippen LogP contribution is -2.16. The number of nitrogens with one attached hydrogen (secondary N) is 1. The first-order valence-corrected chi connectivity index (χ1v) is 11.6. The highest BCUT2D eigenvalue weighted by Crippen LogP contribution is 2.38. The highest BCUT2D eigenvalue weighted by Gasteiger charge is 2.35. The monoisotopic (exact) mass is 484 g/mol. The van der Waals surface area contributed by atoms with Crippen LogP contribution in [-0.2, 0) is 21.6 Å². The summed E-state index contributed by atoms with van der Waals surface area (Å²) in [5, 5.41) is 12.0. The number of hydrogen-bond donors (Lipinski definition) is 1. The van der Waals surface area contributed by atoms with E-state index in [1.807, 2.05) is 26.0 Å². The molecule has 6 nitrogen and oxygen atoms in total. The van der Waals surface area contributed by atoms with E-state index in [2.05, 4.69) is 20.8 Å². The molecule has 0 radical (unpaired) electrons. The average molecular weight is 485 g/mol. The van der Waals surface area contributed by atoms with Crippen LogP contribution in [0, 0.1) is 11.3 Å². The molecule has 0 unspecified atom stereocenters. The molecule has 0 amide bonds. The minimum Gasteiger partial charge on any atom is -0.339 e. The minimum absolute atomic E-state index is 0.0239. The van der Waals surface area contributed by atoms with Crippen LogP contribution in [0.5, 0.6) is 0 Å². The van der Waals surface area contributed by atoms with E-state index in [-0.39, 0.29) is 33.0 Å². The Bertz CT molecular complexity index is 1440. The molecule has 2 heterocycles. The van der Waals surface area contributed by atoms with Crippen molar-refractivity contribution in [3.8, 4) is 17.3 Å². The summed E-state index contributed by atoms with van der Waals surface area (Å²) < 4.78 is 69.3. The van der Waals surface area contributed by atoms with Crippen molar-refractivity contribution in [1.29, 1.82) is 5.26 Å². The third kappa shape index (κ3) is 4.39. The van der Waals surface area contributed by atoms with Gasteiger partial charge in [-0.2, -0.15) is 26.9 Å². The molecule has 0 saturated carbocycles. The van der Waals surface area contributed by atoms with E-state index < -0.39 is 21.8 Å². The van der Waals surface area contributed by atoms with Crippen molar-refractivity contribution in [3.05, 3.63) is 77.5 Å². The second-order valence-electron chi connectivity index (χ2n) is 8.44. The molecule has 2 aromatic carbocycles. The molecule has 174 valence electrons. The zero-order chi connectivity index (χ0) is 24.7. The number of fused-ring (bicyclic) bond motifs is 1. The smallest absolute Gasteiger partial charge is 0.339 e. The fraction of sp³-hybridized carbons (Fsp3) is 0.208. The summed E-state index contributed by atoms with van der Waals surface area (Å²) in [4.78, 5) is 3.63. The van der Waals surface area contributed by atoms with Crippen molar-refractivity contribution in [2.45, 2.75) is 36.8 Å². The van der Waals surface area contributed by atoms with Gasteiger partial charge in [-0.15, -0.1) is 4.40 Å². The van der Waals surface area contributed by atoms with Crippen LogP contribution in [0.4, 0.5) is 18.9 Å². The minimum atomic E-state index is -4.64. The lowest BCUT2D eigenvalue weighted by molar-refractivity contribution is -0.137. The number of hydrogen-bond acceptors (Lipinski definition) is 5. The van der Waals surface area contributed by atoms with E-state index in [1.54, 1.807) is 12.1 Å². The Morgan fingerprint density at radius 2 is 1.76 bits per heavy atom. The fourth-order valence-electron chi connectivity index (χ4n) is 3.69. The first-order valence-electron chi connectivity index (χ1n) is 10.2. The molecule has 0 spiro atoms. The van der Waals surface area contributed by atoms with Crippen LogP contribution in [0.2, 0.25) is 0 Å². The van der Waals surface area contributed by atoms with E-state index in [0.717, 1.165) is 17.7 Å². The lowest BCUT2D eigenvalue weighted by Gasteiger charge is -2.22. The second-order valence-corrected chi connectivity index (χ2v) is 10.0. The second kappa shape index (κ2) is 8.25. The molecule has 0 saturated heterocycles. The molecule has 0 aliphatic carbocycles. The molecule has 4 rings (SSSR count). The molecule has 3 aromatic rings. The predicted molar refractivity (Wildman–Crippen MR) is 122 cm³/mol. The summed E-state index contributed by atoms with van der Waals surface area (Å²) in [6.07, 6.45) is -3.08. The van der Waals surface area contributed by atoms with E-state index in [4.69, 9.17) is 5.26 Å². The van der Waals surface area contributed by atoms with Gasteiger partial charge in [0, 0.05) is 34.8 Å². The number of nitrogens with zero attached hydrogens (tertiary/aromatic N) is 3. The number of rotatable bonds is 4. The van der Waals surface area contributed by atoms with Crippen LogP contribution in [-0.4, -0.2) is 19.2 Å². The number of amidine groups is 1. The summed E-state index contributed by atoms with van der Waals surface area (Å²) in [7, 11) is -4.11. The normalized spacial score (nSPS) is 14.8. The van der Waals surface area contributed by atoms with Gasteiger partial charge in [0.25, 0.3) is 10.0 Å². The van der Waals surface area contributed by atoms with Crippen LogP contribution in [0.3, 0.4) is 0 Å². The summed E-state index contributed by atoms with van der Waals surface area (Å²) in [5.41, 5.74) is 0.144.